The Hall–Kier alpha value is -11.5. The van der Waals surface area contributed by atoms with E-state index in [0.29, 0.717) is 0 Å². The number of benzene rings is 16. The van der Waals surface area contributed by atoms with Crippen LogP contribution in [0.2, 0.25) is 0 Å². The molecular formula is C108H86Ir5N10-10. The predicted octanol–water partition coefficient (Wildman–Crippen LogP) is 26.3. The van der Waals surface area contributed by atoms with Crippen molar-refractivity contribution in [3.8, 4) is 77.9 Å². The minimum absolute atomic E-state index is 0. The van der Waals surface area contributed by atoms with Gasteiger partial charge in [0.1, 0.15) is 0 Å². The first kappa shape index (κ1) is 90.7. The number of rotatable bonds is 12. The molecule has 623 valence electrons. The molecule has 5 aliphatic heterocycles. The SMILES string of the molecule is CN1C=CN(c2[c-]ccc(-c3ccc(-c4ccccc4)cc3)c2)[CH-]1.CN1[CH-]N(c2[c-]cc(-c3ccccc3)cc2)c2ccccc21.CN1[CH-]N(c2[c-]ccc(-c3ccc(-c4ccccc4)cc3)c2)c2ccccc21.CN1[CH-]N(c2[c-]ccc(-c3ccccc3)c2)c2ccccc21.CN1[CH-]N(c2[c-]cccc2-c2ccccc2)c2ccccc21.[Ir].[Ir].[Ir].[Ir].[Ir]. The van der Waals surface area contributed by atoms with Gasteiger partial charge in [0.25, 0.3) is 0 Å². The normalized spacial score (nSPS) is 12.7. The summed E-state index contributed by atoms with van der Waals surface area (Å²) in [6.45, 7) is 10.5. The van der Waals surface area contributed by atoms with E-state index in [-0.39, 0.29) is 101 Å². The van der Waals surface area contributed by atoms with Crippen molar-refractivity contribution in [1.82, 2.24) is 4.90 Å². The van der Waals surface area contributed by atoms with Crippen LogP contribution in [0.25, 0.3) is 77.9 Å². The molecule has 0 aromatic heterocycles. The first-order valence-electron chi connectivity index (χ1n) is 39.5. The topological polar surface area (TPSA) is 32.4 Å². The summed E-state index contributed by atoms with van der Waals surface area (Å²) in [7, 11) is 10.3. The fourth-order valence-electron chi connectivity index (χ4n) is 15.2. The second-order valence-electron chi connectivity index (χ2n) is 29.1. The third kappa shape index (κ3) is 21.1. The van der Waals surface area contributed by atoms with Crippen LogP contribution in [0.4, 0.5) is 73.9 Å². The number of anilines is 13. The first-order chi connectivity index (χ1) is 58.1. The average molecular weight is 2490 g/mol. The van der Waals surface area contributed by atoms with Crippen molar-refractivity contribution >= 4 is 73.9 Å². The van der Waals surface area contributed by atoms with Gasteiger partial charge in [-0.25, -0.2) is 0 Å². The van der Waals surface area contributed by atoms with Gasteiger partial charge >= 0.3 is 0 Å². The second-order valence-corrected chi connectivity index (χ2v) is 29.1. The third-order valence-electron chi connectivity index (χ3n) is 21.2. The number of hydrogen-bond acceptors (Lipinski definition) is 10. The van der Waals surface area contributed by atoms with Gasteiger partial charge in [0, 0.05) is 146 Å². The van der Waals surface area contributed by atoms with E-state index in [0.717, 1.165) is 28.4 Å². The summed E-state index contributed by atoms with van der Waals surface area (Å²) in [5.41, 5.74) is 31.8. The van der Waals surface area contributed by atoms with Crippen LogP contribution in [-0.2, 0) is 101 Å². The zero-order valence-corrected chi connectivity index (χ0v) is 80.1. The van der Waals surface area contributed by atoms with Crippen LogP contribution in [0.15, 0.2) is 401 Å². The quantitative estimate of drug-likeness (QED) is 0.110. The Morgan fingerprint density at radius 3 is 0.862 bits per heavy atom. The minimum atomic E-state index is 0. The molecule has 10 nitrogen and oxygen atoms in total. The standard InChI is InChI=1S/C26H20N2.C22H18N2.3C20H16N2.5Ir/c1-27-19-28(26-13-6-5-12-25(26)27)24-11-7-10-23(18-24)22-16-14-21(15-17-22)20-8-3-2-4-9-20;1-23-14-15-24(17-23)22-9-5-8-21(16-22)20-12-10-19(11-13-20)18-6-3-2-4-7-18;1-21-15-22(20-14-8-7-13-19(20)21)18-12-6-5-11-17(18)16-9-3-2-4-10-16;1-21-15-22(20-13-6-5-12-19(20)21)18-11-7-10-17(14-18)16-8-3-2-4-9-16;1-21-15-22(20-10-6-5-9-19(20)21)18-13-11-17(12-14-18)16-7-3-2-4-8-16;;;;;/h2-10,12-19H,1H3;2-8,10-17H,1H3;2-11,13-15H,1H3;2-10,12-15H,1H3;2-13,15H,1H3;;;;;/q5*-2;;;;;. The van der Waals surface area contributed by atoms with Gasteiger partial charge in [-0.3, -0.25) is 0 Å². The van der Waals surface area contributed by atoms with Crippen molar-refractivity contribution in [3.63, 3.8) is 0 Å². The summed E-state index contributed by atoms with van der Waals surface area (Å²) in [5.74, 6) is 0. The summed E-state index contributed by atoms with van der Waals surface area (Å²) in [6, 6.07) is 151. The molecule has 15 heteroatoms. The molecule has 0 spiro atoms. The van der Waals surface area contributed by atoms with Crippen LogP contribution in [0.3, 0.4) is 0 Å². The Morgan fingerprint density at radius 2 is 0.496 bits per heavy atom. The largest absolute Gasteiger partial charge is 0.510 e. The molecule has 0 aliphatic carbocycles. The van der Waals surface area contributed by atoms with E-state index < -0.39 is 0 Å². The molecule has 0 saturated heterocycles. The Kier molecular flexibility index (Phi) is 31.7. The minimum Gasteiger partial charge on any atom is -0.510 e. The number of para-hydroxylation sites is 9. The van der Waals surface area contributed by atoms with Gasteiger partial charge < -0.3 is 49.0 Å². The van der Waals surface area contributed by atoms with Gasteiger partial charge in [0.05, 0.1) is 0 Å². The molecule has 16 aromatic carbocycles. The van der Waals surface area contributed by atoms with Crippen molar-refractivity contribution in [2.45, 2.75) is 0 Å². The van der Waals surface area contributed by atoms with Gasteiger partial charge in [-0.2, -0.15) is 130 Å². The Labute approximate surface area is 793 Å². The summed E-state index contributed by atoms with van der Waals surface area (Å²) in [6.07, 6.45) is 4.06. The van der Waals surface area contributed by atoms with E-state index in [1.54, 1.807) is 0 Å². The summed E-state index contributed by atoms with van der Waals surface area (Å²) < 4.78 is 0. The maximum absolute atomic E-state index is 3.41. The van der Waals surface area contributed by atoms with E-state index >= 15 is 0 Å². The average Bonchev–Trinajstić information content (AvgIpc) is 1.64. The van der Waals surface area contributed by atoms with E-state index in [4.69, 9.17) is 0 Å². The predicted molar refractivity (Wildman–Crippen MR) is 493 cm³/mol. The van der Waals surface area contributed by atoms with E-state index in [2.05, 4.69) is 457 Å². The summed E-state index contributed by atoms with van der Waals surface area (Å²) in [4.78, 5) is 21.4. The Bertz CT molecular complexity index is 6080. The van der Waals surface area contributed by atoms with Gasteiger partial charge in [0.15, 0.2) is 0 Å². The van der Waals surface area contributed by atoms with Crippen molar-refractivity contribution in [3.05, 3.63) is 464 Å². The van der Waals surface area contributed by atoms with Crippen LogP contribution in [0.1, 0.15) is 0 Å². The molecule has 0 N–H and O–H groups in total. The molecule has 0 atom stereocenters. The Morgan fingerprint density at radius 1 is 0.203 bits per heavy atom. The molecular weight excluding hydrogens is 2400 g/mol. The summed E-state index contributed by atoms with van der Waals surface area (Å²) >= 11 is 0. The molecule has 0 saturated carbocycles. The van der Waals surface area contributed by atoms with E-state index in [1.165, 1.54) is 123 Å². The van der Waals surface area contributed by atoms with Crippen LogP contribution >= 0.6 is 0 Å². The molecule has 0 amide bonds. The van der Waals surface area contributed by atoms with Gasteiger partial charge in [0.2, 0.25) is 0 Å². The molecule has 21 rings (SSSR count). The van der Waals surface area contributed by atoms with Crippen LogP contribution < -0.4 is 44.1 Å². The van der Waals surface area contributed by atoms with Crippen LogP contribution in [-0.4, -0.2) is 40.1 Å². The monoisotopic (exact) mass is 2490 g/mol. The van der Waals surface area contributed by atoms with Crippen LogP contribution in [0.5, 0.6) is 0 Å². The zero-order valence-electron chi connectivity index (χ0n) is 68.1. The van der Waals surface area contributed by atoms with Crippen molar-refractivity contribution < 1.29 is 101 Å². The molecule has 5 radical (unpaired) electrons. The zero-order chi connectivity index (χ0) is 80.1. The van der Waals surface area contributed by atoms with Crippen molar-refractivity contribution in [1.29, 1.82) is 0 Å². The smallest absolute Gasteiger partial charge is 0.0326 e. The van der Waals surface area contributed by atoms with Gasteiger partial charge in [-0.1, -0.05) is 266 Å². The molecule has 5 aliphatic rings. The third-order valence-corrected chi connectivity index (χ3v) is 21.2. The van der Waals surface area contributed by atoms with Crippen molar-refractivity contribution in [2.75, 3.05) is 79.3 Å². The molecule has 0 bridgehead atoms. The maximum Gasteiger partial charge on any atom is 0.0326 e. The fourth-order valence-corrected chi connectivity index (χ4v) is 15.2. The molecule has 16 aromatic rings. The van der Waals surface area contributed by atoms with Crippen molar-refractivity contribution in [2.24, 2.45) is 0 Å². The van der Waals surface area contributed by atoms with E-state index in [9.17, 15) is 0 Å². The Balaban J connectivity index is 0.000000139. The molecule has 0 unspecified atom stereocenters. The fraction of sp³-hybridized carbons (Fsp3) is 0.0463. The number of nitrogens with zero attached hydrogens (tertiary/aromatic N) is 10. The van der Waals surface area contributed by atoms with Crippen LogP contribution in [0, 0.1) is 63.7 Å². The molecule has 123 heavy (non-hydrogen) atoms. The number of fused-ring (bicyclic) bond motifs is 4. The number of hydrogen-bond donors (Lipinski definition) is 0. The second kappa shape index (κ2) is 43.0. The first-order valence-corrected chi connectivity index (χ1v) is 39.5. The van der Waals surface area contributed by atoms with Gasteiger partial charge in [-0.05, 0) is 135 Å². The summed E-state index contributed by atoms with van der Waals surface area (Å²) in [5, 5.41) is 0. The maximum atomic E-state index is 3.41. The molecule has 5 heterocycles. The van der Waals surface area contributed by atoms with Gasteiger partial charge in [-0.15, -0.1) is 74.8 Å². The molecule has 0 fully saturated rings. The van der Waals surface area contributed by atoms with E-state index in [1.807, 2.05) is 91.7 Å².